The highest BCUT2D eigenvalue weighted by Gasteiger charge is 2.16. The Kier molecular flexibility index (Phi) is 7.63. The van der Waals surface area contributed by atoms with Crippen LogP contribution in [0, 0.1) is 11.8 Å². The lowest BCUT2D eigenvalue weighted by Gasteiger charge is -2.15. The molecule has 3 N–H and O–H groups in total. The molecule has 162 valence electrons. The first-order chi connectivity index (χ1) is 15.4. The number of rotatable bonds is 7. The number of benzene rings is 3. The number of carboxylic acid groups (broad SMARTS) is 1. The van der Waals surface area contributed by atoms with Crippen LogP contribution in [0.2, 0.25) is 0 Å². The van der Waals surface area contributed by atoms with Crippen molar-refractivity contribution in [1.82, 2.24) is 4.90 Å². The number of hydrogen-bond donors (Lipinski definition) is 3. The van der Waals surface area contributed by atoms with Gasteiger partial charge in [-0.05, 0) is 56.6 Å². The summed E-state index contributed by atoms with van der Waals surface area (Å²) in [5.41, 5.74) is 2.88. The van der Waals surface area contributed by atoms with Crippen molar-refractivity contribution in [2.24, 2.45) is 0 Å². The third-order valence-corrected chi connectivity index (χ3v) is 4.67. The Morgan fingerprint density at radius 3 is 2.25 bits per heavy atom. The van der Waals surface area contributed by atoms with Gasteiger partial charge in [0.2, 0.25) is 0 Å². The third kappa shape index (κ3) is 6.21. The first-order valence-electron chi connectivity index (χ1n) is 10.2. The molecule has 0 bridgehead atoms. The Labute approximate surface area is 187 Å². The minimum absolute atomic E-state index is 0.0305. The van der Waals surface area contributed by atoms with Crippen molar-refractivity contribution in [3.05, 3.63) is 95.1 Å². The number of carbonyl (C=O) groups is 2. The first kappa shape index (κ1) is 22.6. The van der Waals surface area contributed by atoms with Crippen LogP contribution in [0.3, 0.4) is 0 Å². The Balaban J connectivity index is 1.91. The summed E-state index contributed by atoms with van der Waals surface area (Å²) in [5, 5.41) is 15.4. The van der Waals surface area contributed by atoms with Crippen LogP contribution < -0.4 is 10.6 Å². The quantitative estimate of drug-likeness (QED) is 0.497. The van der Waals surface area contributed by atoms with Crippen LogP contribution in [-0.2, 0) is 0 Å². The molecule has 0 aliphatic heterocycles. The van der Waals surface area contributed by atoms with Crippen molar-refractivity contribution in [3.63, 3.8) is 0 Å². The number of carboxylic acids is 1. The summed E-state index contributed by atoms with van der Waals surface area (Å²) in [6, 6.07) is 21.3. The molecule has 0 aromatic heterocycles. The van der Waals surface area contributed by atoms with Gasteiger partial charge in [-0.3, -0.25) is 4.79 Å². The third-order valence-electron chi connectivity index (χ3n) is 4.67. The summed E-state index contributed by atoms with van der Waals surface area (Å²) >= 11 is 0. The van der Waals surface area contributed by atoms with Gasteiger partial charge in [0.1, 0.15) is 0 Å². The second-order valence-electron chi connectivity index (χ2n) is 7.41. The summed E-state index contributed by atoms with van der Waals surface area (Å²) < 4.78 is 0. The Morgan fingerprint density at radius 2 is 1.53 bits per heavy atom. The van der Waals surface area contributed by atoms with Gasteiger partial charge in [0.15, 0.2) is 0 Å². The standard InChI is InChI=1S/C26H25N3O3/c1-29(2)17-16-27-23-15-14-20(13-12-19-8-4-3-5-9-19)18-22(23)25(30)28-24-11-7-6-10-21(24)26(31)32/h3-11,14-15,18,27H,16-17H2,1-2H3,(H,28,30)(H,31,32). The fourth-order valence-electron chi connectivity index (χ4n) is 3.01. The molecule has 3 rings (SSSR count). The minimum atomic E-state index is -1.10. The zero-order valence-corrected chi connectivity index (χ0v) is 18.1. The summed E-state index contributed by atoms with van der Waals surface area (Å²) in [7, 11) is 3.95. The number of hydrogen-bond acceptors (Lipinski definition) is 4. The number of nitrogens with one attached hydrogen (secondary N) is 2. The smallest absolute Gasteiger partial charge is 0.337 e. The molecule has 0 spiro atoms. The zero-order chi connectivity index (χ0) is 22.9. The van der Waals surface area contributed by atoms with Gasteiger partial charge in [0.25, 0.3) is 5.91 Å². The molecule has 6 nitrogen and oxygen atoms in total. The average Bonchev–Trinajstić information content (AvgIpc) is 2.79. The number of aromatic carboxylic acids is 1. The van der Waals surface area contributed by atoms with Gasteiger partial charge in [-0.1, -0.05) is 42.2 Å². The molecule has 6 heteroatoms. The van der Waals surface area contributed by atoms with E-state index in [4.69, 9.17) is 0 Å². The van der Waals surface area contributed by atoms with E-state index < -0.39 is 11.9 Å². The van der Waals surface area contributed by atoms with E-state index in [0.717, 1.165) is 12.1 Å². The summed E-state index contributed by atoms with van der Waals surface area (Å²) in [6.07, 6.45) is 0. The maximum Gasteiger partial charge on any atom is 0.337 e. The summed E-state index contributed by atoms with van der Waals surface area (Å²) in [6.45, 7) is 1.44. The van der Waals surface area contributed by atoms with Crippen LogP contribution in [0.5, 0.6) is 0 Å². The van der Waals surface area contributed by atoms with Gasteiger partial charge in [-0.25, -0.2) is 4.79 Å². The highest BCUT2D eigenvalue weighted by atomic mass is 16.4. The maximum absolute atomic E-state index is 13.1. The Bertz CT molecular complexity index is 1160. The summed E-state index contributed by atoms with van der Waals surface area (Å²) in [4.78, 5) is 26.7. The largest absolute Gasteiger partial charge is 0.478 e. The van der Waals surface area contributed by atoms with Crippen LogP contribution in [0.25, 0.3) is 0 Å². The molecule has 1 amide bonds. The van der Waals surface area contributed by atoms with Crippen LogP contribution in [0.1, 0.15) is 31.8 Å². The predicted molar refractivity (Wildman–Crippen MR) is 127 cm³/mol. The van der Waals surface area contributed by atoms with Crippen molar-refractivity contribution < 1.29 is 14.7 Å². The van der Waals surface area contributed by atoms with Crippen molar-refractivity contribution in [3.8, 4) is 11.8 Å². The van der Waals surface area contributed by atoms with Crippen LogP contribution >= 0.6 is 0 Å². The Hall–Kier alpha value is -4.08. The van der Waals surface area contributed by atoms with Crippen molar-refractivity contribution in [1.29, 1.82) is 0 Å². The van der Waals surface area contributed by atoms with Gasteiger partial charge in [-0.15, -0.1) is 0 Å². The number of nitrogens with zero attached hydrogens (tertiary/aromatic N) is 1. The van der Waals surface area contributed by atoms with E-state index in [2.05, 4.69) is 22.5 Å². The lowest BCUT2D eigenvalue weighted by Crippen LogP contribution is -2.22. The number of amides is 1. The van der Waals surface area contributed by atoms with Crippen LogP contribution in [0.15, 0.2) is 72.8 Å². The lowest BCUT2D eigenvalue weighted by molar-refractivity contribution is 0.0698. The van der Waals surface area contributed by atoms with Gasteiger partial charge in [-0.2, -0.15) is 0 Å². The molecule has 0 aliphatic carbocycles. The number of likely N-dealkylation sites (N-methyl/N-ethyl adjacent to an activating group) is 1. The molecule has 3 aromatic carbocycles. The molecule has 0 aliphatic rings. The van der Waals surface area contributed by atoms with Gasteiger partial charge >= 0.3 is 5.97 Å². The monoisotopic (exact) mass is 427 g/mol. The van der Waals surface area contributed by atoms with Gasteiger partial charge < -0.3 is 20.6 Å². The molecule has 32 heavy (non-hydrogen) atoms. The zero-order valence-electron chi connectivity index (χ0n) is 18.1. The molecule has 0 atom stereocenters. The molecule has 0 radical (unpaired) electrons. The molecule has 0 fully saturated rings. The van der Waals surface area contributed by atoms with E-state index in [1.165, 1.54) is 6.07 Å². The van der Waals surface area contributed by atoms with Crippen LogP contribution in [0.4, 0.5) is 11.4 Å². The molecular weight excluding hydrogens is 402 g/mol. The molecule has 0 heterocycles. The second-order valence-corrected chi connectivity index (χ2v) is 7.41. The van der Waals surface area contributed by atoms with Crippen LogP contribution in [-0.4, -0.2) is 49.1 Å². The molecule has 3 aromatic rings. The predicted octanol–water partition coefficient (Wildman–Crippen LogP) is 4.01. The second kappa shape index (κ2) is 10.8. The SMILES string of the molecule is CN(C)CCNc1ccc(C#Cc2ccccc2)cc1C(=O)Nc1ccccc1C(=O)O. The van der Waals surface area contributed by atoms with Gasteiger partial charge in [0.05, 0.1) is 16.8 Å². The van der Waals surface area contributed by atoms with E-state index in [-0.39, 0.29) is 11.3 Å². The van der Waals surface area contributed by atoms with Crippen molar-refractivity contribution in [2.75, 3.05) is 37.8 Å². The van der Waals surface area contributed by atoms with E-state index >= 15 is 0 Å². The molecule has 0 saturated heterocycles. The van der Waals surface area contributed by atoms with E-state index in [9.17, 15) is 14.7 Å². The average molecular weight is 428 g/mol. The van der Waals surface area contributed by atoms with Crippen molar-refractivity contribution in [2.45, 2.75) is 0 Å². The highest BCUT2D eigenvalue weighted by Crippen LogP contribution is 2.21. The lowest BCUT2D eigenvalue weighted by atomic mass is 10.1. The molecule has 0 saturated carbocycles. The maximum atomic E-state index is 13.1. The topological polar surface area (TPSA) is 81.7 Å². The molecular formula is C26H25N3O3. The van der Waals surface area contributed by atoms with E-state index in [1.54, 1.807) is 24.3 Å². The summed E-state index contributed by atoms with van der Waals surface area (Å²) in [5.74, 6) is 4.67. The van der Waals surface area contributed by atoms with E-state index in [1.807, 2.05) is 61.5 Å². The normalized spacial score (nSPS) is 10.2. The highest BCUT2D eigenvalue weighted by molar-refractivity contribution is 6.10. The first-order valence-corrected chi connectivity index (χ1v) is 10.2. The Morgan fingerprint density at radius 1 is 0.844 bits per heavy atom. The number of para-hydroxylation sites is 1. The number of carbonyl (C=O) groups excluding carboxylic acids is 1. The molecule has 0 unspecified atom stereocenters. The fourth-order valence-corrected chi connectivity index (χ4v) is 3.01. The fraction of sp³-hybridized carbons (Fsp3) is 0.154. The van der Waals surface area contributed by atoms with Gasteiger partial charge in [0, 0.05) is 29.9 Å². The van der Waals surface area contributed by atoms with Crippen molar-refractivity contribution >= 4 is 23.3 Å². The minimum Gasteiger partial charge on any atom is -0.478 e. The number of anilines is 2. The van der Waals surface area contributed by atoms with E-state index in [0.29, 0.717) is 23.4 Å².